The van der Waals surface area contributed by atoms with Gasteiger partial charge in [-0.1, -0.05) is 70.6 Å². The Hall–Kier alpha value is -0.200. The van der Waals surface area contributed by atoms with Crippen molar-refractivity contribution in [3.63, 3.8) is 0 Å². The maximum Gasteiger partial charge on any atom is 0.0624 e. The lowest BCUT2D eigenvalue weighted by Crippen LogP contribution is -2.00. The highest BCUT2D eigenvalue weighted by Crippen LogP contribution is 2.20. The van der Waals surface area contributed by atoms with Crippen LogP contribution in [0.25, 0.3) is 0 Å². The van der Waals surface area contributed by atoms with Gasteiger partial charge in [-0.15, -0.1) is 0 Å². The zero-order valence-corrected chi connectivity index (χ0v) is 16.0. The number of hydrogen-bond donors (Lipinski definition) is 2. The van der Waals surface area contributed by atoms with Crippen molar-refractivity contribution < 1.29 is 5.11 Å². The molecular formula is C20H39NOS. The average Bonchev–Trinajstić information content (AvgIpc) is 2.56. The summed E-state index contributed by atoms with van der Waals surface area (Å²) in [5, 5.41) is 17.7. The van der Waals surface area contributed by atoms with Gasteiger partial charge in [0.25, 0.3) is 0 Å². The van der Waals surface area contributed by atoms with Gasteiger partial charge in [-0.3, -0.25) is 0 Å². The first-order valence-electron chi connectivity index (χ1n) is 9.93. The fourth-order valence-corrected chi connectivity index (χ4v) is 3.38. The lowest BCUT2D eigenvalue weighted by molar-refractivity contribution is 0.276. The van der Waals surface area contributed by atoms with Crippen LogP contribution in [0, 0.1) is 17.2 Å². The molecule has 0 aromatic carbocycles. The number of nitrogens with zero attached hydrogens (tertiary/aromatic N) is 1. The third-order valence-electron chi connectivity index (χ3n) is 4.67. The minimum absolute atomic E-state index is 0.286. The Kier molecular flexibility index (Phi) is 19.7. The van der Waals surface area contributed by atoms with Gasteiger partial charge < -0.3 is 5.11 Å². The van der Waals surface area contributed by atoms with Crippen LogP contribution in [0.5, 0.6) is 0 Å². The minimum atomic E-state index is 0.286. The monoisotopic (exact) mass is 341 g/mol. The van der Waals surface area contributed by atoms with E-state index in [-0.39, 0.29) is 6.61 Å². The Labute approximate surface area is 150 Å². The van der Waals surface area contributed by atoms with Gasteiger partial charge >= 0.3 is 0 Å². The summed E-state index contributed by atoms with van der Waals surface area (Å²) in [7, 11) is 0. The first-order valence-corrected chi connectivity index (χ1v) is 10.6. The number of nitriles is 1. The second-order valence-electron chi connectivity index (χ2n) is 6.85. The molecule has 0 aliphatic carbocycles. The summed E-state index contributed by atoms with van der Waals surface area (Å²) in [5.41, 5.74) is 0. The molecule has 0 fully saturated rings. The zero-order valence-electron chi connectivity index (χ0n) is 15.1. The third kappa shape index (κ3) is 18.0. The molecule has 0 aromatic heterocycles. The van der Waals surface area contributed by atoms with Crippen LogP contribution in [0.4, 0.5) is 0 Å². The molecule has 3 heteroatoms. The molecule has 0 saturated heterocycles. The lowest BCUT2D eigenvalue weighted by Gasteiger charge is -2.12. The van der Waals surface area contributed by atoms with Gasteiger partial charge in [0.15, 0.2) is 0 Å². The molecule has 0 saturated carbocycles. The van der Waals surface area contributed by atoms with Crippen molar-refractivity contribution in [2.75, 3.05) is 12.4 Å². The number of unbranched alkanes of at least 4 members (excludes halogenated alkanes) is 11. The molecule has 1 unspecified atom stereocenters. The predicted octanol–water partition coefficient (Wildman–Crippen LogP) is 6.29. The smallest absolute Gasteiger partial charge is 0.0624 e. The molecule has 0 rings (SSSR count). The van der Waals surface area contributed by atoms with Crippen LogP contribution in [-0.2, 0) is 0 Å². The number of aliphatic hydroxyl groups is 1. The molecule has 0 spiro atoms. The summed E-state index contributed by atoms with van der Waals surface area (Å²) in [5.74, 6) is 1.60. The molecule has 0 aliphatic rings. The summed E-state index contributed by atoms with van der Waals surface area (Å²) < 4.78 is 0. The van der Waals surface area contributed by atoms with Gasteiger partial charge in [-0.2, -0.15) is 17.9 Å². The second-order valence-corrected chi connectivity index (χ2v) is 7.30. The first kappa shape index (κ1) is 22.8. The molecule has 0 amide bonds. The van der Waals surface area contributed by atoms with Crippen molar-refractivity contribution in [3.05, 3.63) is 0 Å². The van der Waals surface area contributed by atoms with Crippen LogP contribution in [0.1, 0.15) is 103 Å². The zero-order chi connectivity index (χ0) is 17.0. The summed E-state index contributed by atoms with van der Waals surface area (Å²) in [6.07, 6.45) is 19.9. The molecule has 0 aliphatic heterocycles. The number of rotatable bonds is 18. The van der Waals surface area contributed by atoms with Crippen LogP contribution in [0.2, 0.25) is 0 Å². The lowest BCUT2D eigenvalue weighted by atomic mass is 9.92. The van der Waals surface area contributed by atoms with Crippen LogP contribution in [0.15, 0.2) is 0 Å². The fourth-order valence-electron chi connectivity index (χ4n) is 3.16. The Morgan fingerprint density at radius 3 is 1.57 bits per heavy atom. The van der Waals surface area contributed by atoms with Gasteiger partial charge in [0.2, 0.25) is 0 Å². The highest BCUT2D eigenvalue weighted by molar-refractivity contribution is 7.80. The molecule has 0 heterocycles. The Morgan fingerprint density at radius 1 is 0.696 bits per heavy atom. The average molecular weight is 342 g/mol. The Bertz CT molecular complexity index is 265. The molecule has 0 radical (unpaired) electrons. The SMILES string of the molecule is N#CCC(CCCCO)CCCCCCCCCCCCCS. The third-order valence-corrected chi connectivity index (χ3v) is 4.99. The van der Waals surface area contributed by atoms with E-state index in [4.69, 9.17) is 10.4 Å². The van der Waals surface area contributed by atoms with Gasteiger partial charge in [0.05, 0.1) is 6.07 Å². The van der Waals surface area contributed by atoms with E-state index in [2.05, 4.69) is 18.7 Å². The highest BCUT2D eigenvalue weighted by Gasteiger charge is 2.07. The molecule has 0 aromatic rings. The maximum atomic E-state index is 8.88. The molecule has 0 bridgehead atoms. The van der Waals surface area contributed by atoms with E-state index < -0.39 is 0 Å². The maximum absolute atomic E-state index is 8.88. The molecular weight excluding hydrogens is 302 g/mol. The summed E-state index contributed by atoms with van der Waals surface area (Å²) >= 11 is 4.24. The molecule has 1 atom stereocenters. The van der Waals surface area contributed by atoms with E-state index >= 15 is 0 Å². The number of aliphatic hydroxyl groups excluding tert-OH is 1. The van der Waals surface area contributed by atoms with Crippen molar-refractivity contribution in [2.24, 2.45) is 5.92 Å². The Morgan fingerprint density at radius 2 is 1.13 bits per heavy atom. The van der Waals surface area contributed by atoms with Crippen molar-refractivity contribution in [3.8, 4) is 6.07 Å². The predicted molar refractivity (Wildman–Crippen MR) is 104 cm³/mol. The van der Waals surface area contributed by atoms with Gasteiger partial charge in [-0.05, 0) is 37.4 Å². The van der Waals surface area contributed by atoms with Crippen LogP contribution in [-0.4, -0.2) is 17.5 Å². The second kappa shape index (κ2) is 19.8. The quantitative estimate of drug-likeness (QED) is 0.227. The van der Waals surface area contributed by atoms with E-state index in [9.17, 15) is 0 Å². The van der Waals surface area contributed by atoms with E-state index in [1.165, 1.54) is 77.0 Å². The summed E-state index contributed by atoms with van der Waals surface area (Å²) in [4.78, 5) is 0. The van der Waals surface area contributed by atoms with Gasteiger partial charge in [0, 0.05) is 13.0 Å². The summed E-state index contributed by atoms with van der Waals surface area (Å²) in [6.45, 7) is 0.286. The van der Waals surface area contributed by atoms with E-state index in [1.54, 1.807) is 0 Å². The van der Waals surface area contributed by atoms with E-state index in [0.717, 1.165) is 25.0 Å². The first-order chi connectivity index (χ1) is 11.3. The van der Waals surface area contributed by atoms with Crippen molar-refractivity contribution in [1.82, 2.24) is 0 Å². The topological polar surface area (TPSA) is 44.0 Å². The van der Waals surface area contributed by atoms with Crippen LogP contribution >= 0.6 is 12.6 Å². The van der Waals surface area contributed by atoms with E-state index in [1.807, 2.05) is 0 Å². The fraction of sp³-hybridized carbons (Fsp3) is 0.950. The van der Waals surface area contributed by atoms with Gasteiger partial charge in [0.1, 0.15) is 0 Å². The number of thiol groups is 1. The minimum Gasteiger partial charge on any atom is -0.396 e. The molecule has 2 nitrogen and oxygen atoms in total. The number of hydrogen-bond acceptors (Lipinski definition) is 3. The van der Waals surface area contributed by atoms with Crippen molar-refractivity contribution in [1.29, 1.82) is 5.26 Å². The van der Waals surface area contributed by atoms with E-state index in [0.29, 0.717) is 12.3 Å². The Balaban J connectivity index is 3.30. The summed E-state index contributed by atoms with van der Waals surface area (Å²) in [6, 6.07) is 2.32. The largest absolute Gasteiger partial charge is 0.396 e. The normalized spacial score (nSPS) is 12.2. The van der Waals surface area contributed by atoms with Crippen LogP contribution in [0.3, 0.4) is 0 Å². The molecule has 23 heavy (non-hydrogen) atoms. The van der Waals surface area contributed by atoms with Gasteiger partial charge in [-0.25, -0.2) is 0 Å². The molecule has 1 N–H and O–H groups in total. The van der Waals surface area contributed by atoms with Crippen LogP contribution < -0.4 is 0 Å². The molecule has 136 valence electrons. The van der Waals surface area contributed by atoms with Crippen molar-refractivity contribution in [2.45, 2.75) is 103 Å². The standard InChI is InChI=1S/C20H39NOS/c21-17-16-20(15-11-12-18-22)14-10-8-6-4-2-1-3-5-7-9-13-19-23/h20,22-23H,1-16,18-19H2. The van der Waals surface area contributed by atoms with Crippen molar-refractivity contribution >= 4 is 12.6 Å². The highest BCUT2D eigenvalue weighted by atomic mass is 32.1.